The molecule has 186 valence electrons. The number of imidazole rings is 2. The fourth-order valence-electron chi connectivity index (χ4n) is 4.02. The first-order valence-corrected chi connectivity index (χ1v) is 12.3. The highest BCUT2D eigenvalue weighted by Gasteiger charge is 2.13. The third-order valence-corrected chi connectivity index (χ3v) is 6.26. The van der Waals surface area contributed by atoms with Crippen molar-refractivity contribution in [2.45, 2.75) is 26.9 Å². The first-order chi connectivity index (χ1) is 17.6. The van der Waals surface area contributed by atoms with Crippen molar-refractivity contribution in [2.75, 3.05) is 22.9 Å². The summed E-state index contributed by atoms with van der Waals surface area (Å²) in [5, 5.41) is 2.71. The summed E-state index contributed by atoms with van der Waals surface area (Å²) in [6.45, 7) is 7.23. The minimum absolute atomic E-state index is 0.144. The van der Waals surface area contributed by atoms with Crippen LogP contribution in [0.1, 0.15) is 25.2 Å². The van der Waals surface area contributed by atoms with Crippen LogP contribution in [0.15, 0.2) is 85.7 Å². The molecule has 36 heavy (non-hydrogen) atoms. The summed E-state index contributed by atoms with van der Waals surface area (Å²) < 4.78 is 13.9. The number of H-pyrrole nitrogens is 2. The molecule has 5 aromatic rings. The smallest absolute Gasteiger partial charge is 0.165 e. The molecule has 2 N–H and O–H groups in total. The summed E-state index contributed by atoms with van der Waals surface area (Å²) in [5.41, 5.74) is 3.83. The van der Waals surface area contributed by atoms with E-state index in [2.05, 4.69) is 74.2 Å². The van der Waals surface area contributed by atoms with Crippen LogP contribution in [0.3, 0.4) is 0 Å². The molecule has 0 aliphatic rings. The number of nitrogens with one attached hydrogen (secondary N) is 2. The molecule has 0 bridgehead atoms. The predicted octanol–water partition coefficient (Wildman–Crippen LogP) is 6.82. The topological polar surface area (TPSA) is 63.8 Å². The van der Waals surface area contributed by atoms with Gasteiger partial charge in [-0.3, -0.25) is 0 Å². The van der Waals surface area contributed by atoms with Crippen molar-refractivity contribution < 1.29 is 4.39 Å². The van der Waals surface area contributed by atoms with E-state index < -0.39 is 0 Å². The highest BCUT2D eigenvalue weighted by molar-refractivity contribution is 6.31. The van der Waals surface area contributed by atoms with E-state index in [0.29, 0.717) is 18.8 Å². The minimum Gasteiger partial charge on any atom is -0.366 e. The molecule has 0 saturated heterocycles. The lowest BCUT2D eigenvalue weighted by atomic mass is 10.1. The molecule has 2 aromatic heterocycles. The number of fused-ring (bicyclic) bond motifs is 1. The third kappa shape index (κ3) is 6.23. The monoisotopic (exact) mass is 504 g/mol. The minimum atomic E-state index is -0.379. The van der Waals surface area contributed by atoms with Gasteiger partial charge in [0.1, 0.15) is 0 Å². The average Bonchev–Trinajstić information content (AvgIpc) is 3.62. The quantitative estimate of drug-likeness (QED) is 0.243. The lowest BCUT2D eigenvalue weighted by Gasteiger charge is -2.23. The van der Waals surface area contributed by atoms with Gasteiger partial charge in [0.25, 0.3) is 0 Å². The molecule has 0 saturated carbocycles. The Kier molecular flexibility index (Phi) is 8.57. The molecular formula is C28H30ClFN6. The van der Waals surface area contributed by atoms with E-state index in [0.717, 1.165) is 24.5 Å². The van der Waals surface area contributed by atoms with Crippen molar-refractivity contribution in [3.8, 4) is 0 Å². The summed E-state index contributed by atoms with van der Waals surface area (Å²) in [4.78, 5) is 18.4. The van der Waals surface area contributed by atoms with E-state index in [9.17, 15) is 4.39 Å². The van der Waals surface area contributed by atoms with E-state index in [1.165, 1.54) is 16.5 Å². The van der Waals surface area contributed by atoms with E-state index in [1.807, 2.05) is 18.0 Å². The molecule has 0 unspecified atom stereocenters. The first-order valence-electron chi connectivity index (χ1n) is 12.0. The second-order valence-electron chi connectivity index (χ2n) is 8.29. The Morgan fingerprint density at radius 1 is 0.778 bits per heavy atom. The molecule has 2 heterocycles. The van der Waals surface area contributed by atoms with Gasteiger partial charge in [-0.15, -0.1) is 0 Å². The Balaban J connectivity index is 0.000000170. The van der Waals surface area contributed by atoms with Crippen LogP contribution in [-0.4, -0.2) is 33.0 Å². The van der Waals surface area contributed by atoms with Crippen molar-refractivity contribution >= 4 is 33.7 Å². The molecule has 0 amide bonds. The van der Waals surface area contributed by atoms with E-state index >= 15 is 0 Å². The number of aromatic amines is 2. The maximum atomic E-state index is 13.9. The van der Waals surface area contributed by atoms with E-state index in [4.69, 9.17) is 11.6 Å². The number of anilines is 2. The fraction of sp³-hybridized carbons (Fsp3) is 0.214. The molecule has 0 fully saturated rings. The molecule has 0 spiro atoms. The second-order valence-corrected chi connectivity index (χ2v) is 8.69. The van der Waals surface area contributed by atoms with Gasteiger partial charge in [-0.1, -0.05) is 48.0 Å². The van der Waals surface area contributed by atoms with Gasteiger partial charge in [0.15, 0.2) is 5.82 Å². The second kappa shape index (κ2) is 12.2. The molecule has 3 aromatic carbocycles. The Hall–Kier alpha value is -3.84. The number of hydrogen-bond acceptors (Lipinski definition) is 4. The van der Waals surface area contributed by atoms with Crippen molar-refractivity contribution in [3.05, 3.63) is 108 Å². The molecule has 8 heteroatoms. The zero-order chi connectivity index (χ0) is 25.3. The molecule has 0 radical (unpaired) electrons. The van der Waals surface area contributed by atoms with Crippen molar-refractivity contribution in [3.63, 3.8) is 0 Å². The van der Waals surface area contributed by atoms with Crippen molar-refractivity contribution in [1.82, 2.24) is 19.9 Å². The largest absolute Gasteiger partial charge is 0.366 e. The van der Waals surface area contributed by atoms with Gasteiger partial charge in [0.05, 0.1) is 47.8 Å². The van der Waals surface area contributed by atoms with Crippen LogP contribution in [0.2, 0.25) is 5.02 Å². The van der Waals surface area contributed by atoms with Gasteiger partial charge in [0, 0.05) is 31.2 Å². The summed E-state index contributed by atoms with van der Waals surface area (Å²) >= 11 is 5.77. The predicted molar refractivity (Wildman–Crippen MR) is 146 cm³/mol. The van der Waals surface area contributed by atoms with Gasteiger partial charge >= 0.3 is 0 Å². The van der Waals surface area contributed by atoms with Crippen LogP contribution in [-0.2, 0) is 13.1 Å². The normalized spacial score (nSPS) is 10.7. The number of hydrogen-bond donors (Lipinski definition) is 2. The zero-order valence-corrected chi connectivity index (χ0v) is 21.2. The van der Waals surface area contributed by atoms with Gasteiger partial charge in [-0.25, -0.2) is 14.4 Å². The molecule has 0 atom stereocenters. The summed E-state index contributed by atoms with van der Waals surface area (Å²) in [6.07, 6.45) is 6.94. The number of rotatable bonds is 8. The van der Waals surface area contributed by atoms with Crippen LogP contribution < -0.4 is 9.80 Å². The standard InChI is InChI=1S/C16H17N3.C12H13ClFN3/c1-2-19(11-15-10-17-12-18-15)16-8-7-13-5-3-4-6-14(13)9-16;1-2-17(7-9-6-15-8-16-9)11-5-3-4-10(13)12(11)14/h3-10,12H,2,11H2,1H3,(H,17,18);3-6,8H,2,7H2,1H3,(H,15,16). The third-order valence-electron chi connectivity index (χ3n) is 5.97. The van der Waals surface area contributed by atoms with Crippen LogP contribution in [0.5, 0.6) is 0 Å². The Morgan fingerprint density at radius 2 is 1.42 bits per heavy atom. The molecule has 0 aliphatic carbocycles. The molecule has 6 nitrogen and oxygen atoms in total. The maximum absolute atomic E-state index is 13.9. The number of halogens is 2. The van der Waals surface area contributed by atoms with Gasteiger partial charge in [-0.2, -0.15) is 0 Å². The molecular weight excluding hydrogens is 475 g/mol. The molecule has 0 aliphatic heterocycles. The SMILES string of the molecule is CCN(Cc1cnc[nH]1)c1ccc2ccccc2c1.CCN(Cc1cnc[nH]1)c1cccc(Cl)c1F. The van der Waals surface area contributed by atoms with Gasteiger partial charge < -0.3 is 19.8 Å². The van der Waals surface area contributed by atoms with Crippen molar-refractivity contribution in [2.24, 2.45) is 0 Å². The number of nitrogens with zero attached hydrogens (tertiary/aromatic N) is 4. The summed E-state index contributed by atoms with van der Waals surface area (Å²) in [5.74, 6) is -0.379. The number of benzene rings is 3. The summed E-state index contributed by atoms with van der Waals surface area (Å²) in [7, 11) is 0. The number of aromatic nitrogens is 4. The van der Waals surface area contributed by atoms with Gasteiger partial charge in [-0.05, 0) is 48.9 Å². The van der Waals surface area contributed by atoms with Crippen LogP contribution in [0.25, 0.3) is 10.8 Å². The Morgan fingerprint density at radius 3 is 2.03 bits per heavy atom. The Bertz CT molecular complexity index is 1350. The Labute approximate surface area is 215 Å². The fourth-order valence-corrected chi connectivity index (χ4v) is 4.19. The molecule has 5 rings (SSSR count). The van der Waals surface area contributed by atoms with Crippen molar-refractivity contribution in [1.29, 1.82) is 0 Å². The summed E-state index contributed by atoms with van der Waals surface area (Å²) in [6, 6.07) is 20.1. The van der Waals surface area contributed by atoms with E-state index in [-0.39, 0.29) is 10.8 Å². The van der Waals surface area contributed by atoms with Crippen LogP contribution in [0.4, 0.5) is 15.8 Å². The van der Waals surface area contributed by atoms with Gasteiger partial charge in [0.2, 0.25) is 0 Å². The highest BCUT2D eigenvalue weighted by Crippen LogP contribution is 2.26. The van der Waals surface area contributed by atoms with Crippen LogP contribution in [0, 0.1) is 5.82 Å². The first kappa shape index (κ1) is 25.3. The zero-order valence-electron chi connectivity index (χ0n) is 20.5. The lowest BCUT2D eigenvalue weighted by Crippen LogP contribution is -2.23. The maximum Gasteiger partial charge on any atom is 0.165 e. The highest BCUT2D eigenvalue weighted by atomic mass is 35.5. The average molecular weight is 505 g/mol. The van der Waals surface area contributed by atoms with Crippen LogP contribution >= 0.6 is 11.6 Å². The lowest BCUT2D eigenvalue weighted by molar-refractivity contribution is 0.617. The van der Waals surface area contributed by atoms with E-state index in [1.54, 1.807) is 37.1 Å².